The molecule has 0 bridgehead atoms. The third-order valence-corrected chi connectivity index (χ3v) is 2.35. The average molecular weight is 234 g/mol. The lowest BCUT2D eigenvalue weighted by molar-refractivity contribution is 0.235. The SMILES string of the molecule is Cc1ccc(CNC(=O)NCC(C)(C)C)cc1. The van der Waals surface area contributed by atoms with E-state index in [1.165, 1.54) is 5.56 Å². The maximum atomic E-state index is 11.5. The van der Waals surface area contributed by atoms with Crippen LogP contribution < -0.4 is 10.6 Å². The van der Waals surface area contributed by atoms with Gasteiger partial charge in [-0.05, 0) is 17.9 Å². The number of benzene rings is 1. The molecule has 0 aromatic heterocycles. The third kappa shape index (κ3) is 5.95. The number of hydrogen-bond donors (Lipinski definition) is 2. The first-order chi connectivity index (χ1) is 7.87. The third-order valence-electron chi connectivity index (χ3n) is 2.35. The van der Waals surface area contributed by atoms with Crippen LogP contribution >= 0.6 is 0 Å². The van der Waals surface area contributed by atoms with Gasteiger partial charge in [-0.1, -0.05) is 50.6 Å². The Balaban J connectivity index is 2.31. The second-order valence-corrected chi connectivity index (χ2v) is 5.58. The standard InChI is InChI=1S/C14H22N2O/c1-11-5-7-12(8-6-11)9-15-13(17)16-10-14(2,3)4/h5-8H,9-10H2,1-4H3,(H2,15,16,17). The van der Waals surface area contributed by atoms with Crippen LogP contribution in [-0.2, 0) is 6.54 Å². The molecule has 0 saturated carbocycles. The average Bonchev–Trinajstić information content (AvgIpc) is 2.25. The van der Waals surface area contributed by atoms with Gasteiger partial charge in [0.2, 0.25) is 0 Å². The first kappa shape index (κ1) is 13.6. The highest BCUT2D eigenvalue weighted by molar-refractivity contribution is 5.73. The van der Waals surface area contributed by atoms with E-state index in [1.54, 1.807) is 0 Å². The van der Waals surface area contributed by atoms with E-state index in [0.29, 0.717) is 13.1 Å². The zero-order chi connectivity index (χ0) is 12.9. The highest BCUT2D eigenvalue weighted by Gasteiger charge is 2.11. The van der Waals surface area contributed by atoms with Gasteiger partial charge in [0.25, 0.3) is 0 Å². The van der Waals surface area contributed by atoms with E-state index in [2.05, 4.69) is 31.4 Å². The number of hydrogen-bond acceptors (Lipinski definition) is 1. The lowest BCUT2D eigenvalue weighted by atomic mass is 9.97. The van der Waals surface area contributed by atoms with E-state index in [4.69, 9.17) is 0 Å². The van der Waals surface area contributed by atoms with E-state index >= 15 is 0 Å². The molecule has 1 aromatic carbocycles. The lowest BCUT2D eigenvalue weighted by Gasteiger charge is -2.18. The van der Waals surface area contributed by atoms with Gasteiger partial charge in [-0.25, -0.2) is 4.79 Å². The largest absolute Gasteiger partial charge is 0.338 e. The summed E-state index contributed by atoms with van der Waals surface area (Å²) in [6.45, 7) is 9.56. The van der Waals surface area contributed by atoms with Crippen molar-refractivity contribution in [3.05, 3.63) is 35.4 Å². The van der Waals surface area contributed by atoms with Crippen LogP contribution in [0.25, 0.3) is 0 Å². The van der Waals surface area contributed by atoms with Crippen LogP contribution in [0.5, 0.6) is 0 Å². The van der Waals surface area contributed by atoms with Gasteiger partial charge in [-0.2, -0.15) is 0 Å². The van der Waals surface area contributed by atoms with Gasteiger partial charge >= 0.3 is 6.03 Å². The zero-order valence-electron chi connectivity index (χ0n) is 11.1. The van der Waals surface area contributed by atoms with Crippen LogP contribution in [0.2, 0.25) is 0 Å². The Kier molecular flexibility index (Phi) is 4.55. The summed E-state index contributed by atoms with van der Waals surface area (Å²) in [5.74, 6) is 0. The number of carbonyl (C=O) groups excluding carboxylic acids is 1. The molecule has 0 radical (unpaired) electrons. The first-order valence-electron chi connectivity index (χ1n) is 5.94. The molecule has 0 atom stereocenters. The molecule has 17 heavy (non-hydrogen) atoms. The van der Waals surface area contributed by atoms with Crippen molar-refractivity contribution in [1.82, 2.24) is 10.6 Å². The Labute approximate surface area is 104 Å². The number of carbonyl (C=O) groups is 1. The van der Waals surface area contributed by atoms with Crippen molar-refractivity contribution >= 4 is 6.03 Å². The zero-order valence-corrected chi connectivity index (χ0v) is 11.1. The fraction of sp³-hybridized carbons (Fsp3) is 0.500. The minimum Gasteiger partial charge on any atom is -0.338 e. The second kappa shape index (κ2) is 5.71. The minimum atomic E-state index is -0.111. The maximum Gasteiger partial charge on any atom is 0.315 e. The molecular weight excluding hydrogens is 212 g/mol. The molecule has 0 spiro atoms. The van der Waals surface area contributed by atoms with Crippen molar-refractivity contribution in [3.63, 3.8) is 0 Å². The number of nitrogens with one attached hydrogen (secondary N) is 2. The quantitative estimate of drug-likeness (QED) is 0.829. The van der Waals surface area contributed by atoms with Crippen molar-refractivity contribution < 1.29 is 4.79 Å². The van der Waals surface area contributed by atoms with E-state index < -0.39 is 0 Å². The second-order valence-electron chi connectivity index (χ2n) is 5.58. The van der Waals surface area contributed by atoms with Crippen molar-refractivity contribution in [2.24, 2.45) is 5.41 Å². The molecule has 1 rings (SSSR count). The van der Waals surface area contributed by atoms with Gasteiger partial charge in [-0.15, -0.1) is 0 Å². The molecule has 2 amide bonds. The lowest BCUT2D eigenvalue weighted by Crippen LogP contribution is -2.39. The molecule has 0 unspecified atom stereocenters. The maximum absolute atomic E-state index is 11.5. The normalized spacial score (nSPS) is 11.1. The Hall–Kier alpha value is -1.51. The van der Waals surface area contributed by atoms with Gasteiger partial charge < -0.3 is 10.6 Å². The van der Waals surface area contributed by atoms with Crippen LogP contribution in [0, 0.1) is 12.3 Å². The molecule has 0 fully saturated rings. The number of urea groups is 1. The smallest absolute Gasteiger partial charge is 0.315 e. The molecule has 3 nitrogen and oxygen atoms in total. The summed E-state index contributed by atoms with van der Waals surface area (Å²) in [5.41, 5.74) is 2.45. The summed E-state index contributed by atoms with van der Waals surface area (Å²) < 4.78 is 0. The van der Waals surface area contributed by atoms with E-state index in [0.717, 1.165) is 5.56 Å². The highest BCUT2D eigenvalue weighted by Crippen LogP contribution is 2.10. The van der Waals surface area contributed by atoms with E-state index in [-0.39, 0.29) is 11.4 Å². The first-order valence-corrected chi connectivity index (χ1v) is 5.94. The number of aryl methyl sites for hydroxylation is 1. The van der Waals surface area contributed by atoms with Crippen molar-refractivity contribution in [3.8, 4) is 0 Å². The summed E-state index contributed by atoms with van der Waals surface area (Å²) in [4.78, 5) is 11.5. The van der Waals surface area contributed by atoms with Crippen LogP contribution in [-0.4, -0.2) is 12.6 Å². The monoisotopic (exact) mass is 234 g/mol. The van der Waals surface area contributed by atoms with Crippen LogP contribution in [0.4, 0.5) is 4.79 Å². The van der Waals surface area contributed by atoms with Gasteiger partial charge in [0.1, 0.15) is 0 Å². The summed E-state index contributed by atoms with van der Waals surface area (Å²) in [5, 5.41) is 5.70. The van der Waals surface area contributed by atoms with Crippen LogP contribution in [0.15, 0.2) is 24.3 Å². The van der Waals surface area contributed by atoms with E-state index in [9.17, 15) is 4.79 Å². The van der Waals surface area contributed by atoms with Gasteiger partial charge in [0, 0.05) is 13.1 Å². The summed E-state index contributed by atoms with van der Waals surface area (Å²) in [6.07, 6.45) is 0. The fourth-order valence-electron chi connectivity index (χ4n) is 1.30. The molecule has 0 saturated heterocycles. The molecule has 3 heteroatoms. The van der Waals surface area contributed by atoms with Gasteiger partial charge in [0.15, 0.2) is 0 Å². The Morgan fingerprint density at radius 2 is 1.71 bits per heavy atom. The van der Waals surface area contributed by atoms with Crippen molar-refractivity contribution in [2.45, 2.75) is 34.2 Å². The van der Waals surface area contributed by atoms with Crippen LogP contribution in [0.3, 0.4) is 0 Å². The number of rotatable bonds is 3. The molecule has 2 N–H and O–H groups in total. The summed E-state index contributed by atoms with van der Waals surface area (Å²) in [6, 6.07) is 8.04. The summed E-state index contributed by atoms with van der Waals surface area (Å²) in [7, 11) is 0. The topological polar surface area (TPSA) is 41.1 Å². The Morgan fingerprint density at radius 1 is 1.12 bits per heavy atom. The molecule has 1 aromatic rings. The van der Waals surface area contributed by atoms with Crippen molar-refractivity contribution in [2.75, 3.05) is 6.54 Å². The Morgan fingerprint density at radius 3 is 2.24 bits per heavy atom. The van der Waals surface area contributed by atoms with Crippen molar-refractivity contribution in [1.29, 1.82) is 0 Å². The fourth-order valence-corrected chi connectivity index (χ4v) is 1.30. The van der Waals surface area contributed by atoms with Gasteiger partial charge in [-0.3, -0.25) is 0 Å². The predicted octanol–water partition coefficient (Wildman–Crippen LogP) is 2.84. The minimum absolute atomic E-state index is 0.111. The Bertz CT molecular complexity index is 363. The van der Waals surface area contributed by atoms with Crippen LogP contribution in [0.1, 0.15) is 31.9 Å². The highest BCUT2D eigenvalue weighted by atomic mass is 16.2. The van der Waals surface area contributed by atoms with Gasteiger partial charge in [0.05, 0.1) is 0 Å². The molecular formula is C14H22N2O. The predicted molar refractivity (Wildman–Crippen MR) is 70.9 cm³/mol. The molecule has 0 aliphatic heterocycles. The molecule has 0 aliphatic carbocycles. The molecule has 0 heterocycles. The van der Waals surface area contributed by atoms with E-state index in [1.807, 2.05) is 31.2 Å². The molecule has 94 valence electrons. The molecule has 0 aliphatic rings. The number of amides is 2. The summed E-state index contributed by atoms with van der Waals surface area (Å²) >= 11 is 0.